The maximum absolute atomic E-state index is 13.2. The van der Waals surface area contributed by atoms with Crippen molar-refractivity contribution in [3.05, 3.63) is 70.1 Å². The Kier molecular flexibility index (Phi) is 9.06. The van der Waals surface area contributed by atoms with E-state index in [1.54, 1.807) is 24.3 Å². The summed E-state index contributed by atoms with van der Waals surface area (Å²) in [7, 11) is 0. The summed E-state index contributed by atoms with van der Waals surface area (Å²) in [6.07, 6.45) is -3.45. The van der Waals surface area contributed by atoms with Crippen LogP contribution in [0, 0.1) is 6.92 Å². The Hall–Kier alpha value is -3.25. The second-order valence-electron chi connectivity index (χ2n) is 9.18. The fraction of sp³-hybridized carbons (Fsp3) is 0.370. The minimum Gasteiger partial charge on any atom is -0.475 e. The third-order valence-electron chi connectivity index (χ3n) is 6.30. The molecule has 2 aromatic heterocycles. The van der Waals surface area contributed by atoms with Crippen molar-refractivity contribution in [3.8, 4) is 17.0 Å². The van der Waals surface area contributed by atoms with Gasteiger partial charge in [0.15, 0.2) is 0 Å². The molecule has 8 nitrogen and oxygen atoms in total. The van der Waals surface area contributed by atoms with Gasteiger partial charge in [-0.15, -0.1) is 0 Å². The molecule has 12 heteroatoms. The second kappa shape index (κ2) is 12.3. The monoisotopic (exact) mass is 565 g/mol. The van der Waals surface area contributed by atoms with Crippen LogP contribution in [0.1, 0.15) is 46.1 Å². The van der Waals surface area contributed by atoms with E-state index in [4.69, 9.17) is 26.2 Å². The van der Waals surface area contributed by atoms with Gasteiger partial charge in [0.1, 0.15) is 18.4 Å². The van der Waals surface area contributed by atoms with Gasteiger partial charge < -0.3 is 25.0 Å². The smallest absolute Gasteiger partial charge is 0.417 e. The van der Waals surface area contributed by atoms with Crippen molar-refractivity contribution in [2.24, 2.45) is 0 Å². The zero-order valence-electron chi connectivity index (χ0n) is 21.0. The summed E-state index contributed by atoms with van der Waals surface area (Å²) in [4.78, 5) is 21.1. The first-order chi connectivity index (χ1) is 18.5. The number of alkyl halides is 3. The lowest BCUT2D eigenvalue weighted by atomic mass is 9.92. The fourth-order valence-corrected chi connectivity index (χ4v) is 4.39. The number of carbonyl (C=O) groups excluding carboxylic acids is 1. The Morgan fingerprint density at radius 2 is 1.97 bits per heavy atom. The molecule has 1 aliphatic rings. The van der Waals surface area contributed by atoms with Gasteiger partial charge in [0.05, 0.1) is 17.2 Å². The lowest BCUT2D eigenvalue weighted by Crippen LogP contribution is -2.22. The van der Waals surface area contributed by atoms with Crippen LogP contribution in [0.5, 0.6) is 5.88 Å². The van der Waals surface area contributed by atoms with E-state index in [-0.39, 0.29) is 18.4 Å². The highest BCUT2D eigenvalue weighted by molar-refractivity contribution is 6.31. The number of aromatic nitrogens is 2. The number of aliphatic hydroxyl groups is 2. The normalized spacial score (nSPS) is 15.2. The molecule has 208 valence electrons. The average molecular weight is 566 g/mol. The number of ether oxygens (including phenoxy) is 2. The van der Waals surface area contributed by atoms with E-state index in [9.17, 15) is 23.1 Å². The van der Waals surface area contributed by atoms with E-state index in [2.05, 4.69) is 15.3 Å². The van der Waals surface area contributed by atoms with Crippen LogP contribution in [0.3, 0.4) is 0 Å². The Balaban J connectivity index is 1.65. The molecule has 3 aromatic rings. The Morgan fingerprint density at radius 3 is 2.67 bits per heavy atom. The molecule has 3 N–H and O–H groups in total. The number of halogens is 4. The van der Waals surface area contributed by atoms with Crippen molar-refractivity contribution in [2.45, 2.75) is 38.0 Å². The molecule has 0 radical (unpaired) electrons. The highest BCUT2D eigenvalue weighted by atomic mass is 35.5. The molecule has 0 aliphatic carbocycles. The Labute approximate surface area is 227 Å². The van der Waals surface area contributed by atoms with Gasteiger partial charge in [0.25, 0.3) is 5.91 Å². The molecule has 1 amide bonds. The van der Waals surface area contributed by atoms with Gasteiger partial charge in [0, 0.05) is 42.8 Å². The quantitative estimate of drug-likeness (QED) is 0.352. The molecule has 1 aromatic carbocycles. The summed E-state index contributed by atoms with van der Waals surface area (Å²) in [5, 5.41) is 20.9. The predicted molar refractivity (Wildman–Crippen MR) is 138 cm³/mol. The number of aryl methyl sites for hydroxylation is 1. The number of nitrogens with zero attached hydrogens (tertiary/aromatic N) is 2. The summed E-state index contributed by atoms with van der Waals surface area (Å²) in [5.41, 5.74) is 1.87. The number of hydrogen-bond acceptors (Lipinski definition) is 7. The SMILES string of the molecule is Cc1ccc(NC(=O)c2cc(C(F)(F)F)c(Cl)cn2)cc1-c1cc(OCC(O)CO)nc(C2CCOCC2)c1. The van der Waals surface area contributed by atoms with Crippen LogP contribution in [0.2, 0.25) is 5.02 Å². The van der Waals surface area contributed by atoms with Crippen molar-refractivity contribution in [3.63, 3.8) is 0 Å². The van der Waals surface area contributed by atoms with Gasteiger partial charge in [-0.25, -0.2) is 9.97 Å². The highest BCUT2D eigenvalue weighted by Crippen LogP contribution is 2.36. The van der Waals surface area contributed by atoms with Gasteiger partial charge in [-0.3, -0.25) is 4.79 Å². The summed E-state index contributed by atoms with van der Waals surface area (Å²) in [5.74, 6) is -0.433. The summed E-state index contributed by atoms with van der Waals surface area (Å²) in [6.45, 7) is 2.47. The number of hydrogen-bond donors (Lipinski definition) is 3. The number of nitrogens with one attached hydrogen (secondary N) is 1. The molecule has 1 fully saturated rings. The third-order valence-corrected chi connectivity index (χ3v) is 6.60. The number of anilines is 1. The van der Waals surface area contributed by atoms with Crippen LogP contribution >= 0.6 is 11.6 Å². The van der Waals surface area contributed by atoms with Gasteiger partial charge in [-0.1, -0.05) is 17.7 Å². The van der Waals surface area contributed by atoms with Crippen LogP contribution in [0.4, 0.5) is 18.9 Å². The minimum atomic E-state index is -4.73. The molecule has 1 atom stereocenters. The molecule has 39 heavy (non-hydrogen) atoms. The van der Waals surface area contributed by atoms with Crippen molar-refractivity contribution in [1.82, 2.24) is 9.97 Å². The largest absolute Gasteiger partial charge is 0.475 e. The van der Waals surface area contributed by atoms with E-state index in [0.717, 1.165) is 41.4 Å². The topological polar surface area (TPSA) is 114 Å². The Bertz CT molecular complexity index is 1330. The van der Waals surface area contributed by atoms with E-state index in [1.807, 2.05) is 13.0 Å². The van der Waals surface area contributed by atoms with Crippen LogP contribution in [-0.2, 0) is 10.9 Å². The number of carbonyl (C=O) groups is 1. The molecule has 1 saturated heterocycles. The molecule has 4 rings (SSSR count). The van der Waals surface area contributed by atoms with Gasteiger partial charge in [-0.05, 0) is 60.7 Å². The highest BCUT2D eigenvalue weighted by Gasteiger charge is 2.34. The average Bonchev–Trinajstić information content (AvgIpc) is 2.92. The van der Waals surface area contributed by atoms with E-state index in [0.29, 0.717) is 25.0 Å². The summed E-state index contributed by atoms with van der Waals surface area (Å²) >= 11 is 5.62. The third kappa shape index (κ3) is 7.24. The lowest BCUT2D eigenvalue weighted by molar-refractivity contribution is -0.137. The maximum Gasteiger partial charge on any atom is 0.417 e. The van der Waals surface area contributed by atoms with Crippen molar-refractivity contribution in [1.29, 1.82) is 0 Å². The Morgan fingerprint density at radius 1 is 1.23 bits per heavy atom. The molecule has 1 aliphatic heterocycles. The number of aliphatic hydroxyl groups excluding tert-OH is 2. The number of rotatable bonds is 8. The zero-order chi connectivity index (χ0) is 28.2. The first-order valence-corrected chi connectivity index (χ1v) is 12.6. The van der Waals surface area contributed by atoms with Crippen LogP contribution in [0.15, 0.2) is 42.6 Å². The van der Waals surface area contributed by atoms with E-state index in [1.165, 1.54) is 0 Å². The molecular formula is C27H27ClF3N3O5. The number of benzene rings is 1. The first-order valence-electron chi connectivity index (χ1n) is 12.2. The van der Waals surface area contributed by atoms with Gasteiger partial charge in [-0.2, -0.15) is 13.2 Å². The van der Waals surface area contributed by atoms with Crippen LogP contribution < -0.4 is 10.1 Å². The molecule has 0 bridgehead atoms. The van der Waals surface area contributed by atoms with E-state index >= 15 is 0 Å². The first kappa shape index (κ1) is 28.8. The number of pyridine rings is 2. The maximum atomic E-state index is 13.2. The van der Waals surface area contributed by atoms with Crippen LogP contribution in [-0.4, -0.2) is 58.6 Å². The molecule has 0 spiro atoms. The van der Waals surface area contributed by atoms with Crippen molar-refractivity contribution >= 4 is 23.2 Å². The van der Waals surface area contributed by atoms with Gasteiger partial charge in [0.2, 0.25) is 5.88 Å². The number of amides is 1. The van der Waals surface area contributed by atoms with Crippen LogP contribution in [0.25, 0.3) is 11.1 Å². The molecular weight excluding hydrogens is 539 g/mol. The molecule has 3 heterocycles. The van der Waals surface area contributed by atoms with Crippen molar-refractivity contribution in [2.75, 3.05) is 31.7 Å². The minimum absolute atomic E-state index is 0.130. The van der Waals surface area contributed by atoms with Gasteiger partial charge >= 0.3 is 6.18 Å². The van der Waals surface area contributed by atoms with Crippen molar-refractivity contribution < 1.29 is 37.7 Å². The molecule has 0 saturated carbocycles. The summed E-state index contributed by atoms with van der Waals surface area (Å²) in [6, 6.07) is 9.33. The van der Waals surface area contributed by atoms with E-state index < -0.39 is 41.1 Å². The zero-order valence-corrected chi connectivity index (χ0v) is 21.7. The second-order valence-corrected chi connectivity index (χ2v) is 9.59. The lowest BCUT2D eigenvalue weighted by Gasteiger charge is -2.23. The standard InChI is InChI=1S/C27H27ClF3N3O5/c1-15-2-3-18(33-26(37)24-11-21(27(29,30)31)22(28)12-32-24)10-20(15)17-8-23(16-4-6-38-7-5-16)34-25(9-17)39-14-19(36)13-35/h2-3,8-12,16,19,35-36H,4-7,13-14H2,1H3,(H,33,37). The predicted octanol–water partition coefficient (Wildman–Crippen LogP) is 5.00. The summed E-state index contributed by atoms with van der Waals surface area (Å²) < 4.78 is 50.8. The fourth-order valence-electron chi connectivity index (χ4n) is 4.18. The molecule has 1 unspecified atom stereocenters.